The van der Waals surface area contributed by atoms with Crippen molar-refractivity contribution in [2.24, 2.45) is 5.84 Å². The SMILES string of the molecule is Cc1sc(C(=O)NN)cc1CSc1cccc(N)c1C. The molecule has 106 valence electrons. The molecule has 0 radical (unpaired) electrons. The predicted octanol–water partition coefficient (Wildman–Crippen LogP) is 2.84. The molecule has 0 bridgehead atoms. The van der Waals surface area contributed by atoms with Gasteiger partial charge >= 0.3 is 0 Å². The predicted molar refractivity (Wildman–Crippen MR) is 85.9 cm³/mol. The first-order valence-corrected chi connectivity index (χ1v) is 7.91. The second-order valence-electron chi connectivity index (χ2n) is 4.42. The molecule has 0 spiro atoms. The lowest BCUT2D eigenvalue weighted by molar-refractivity contribution is 0.0957. The lowest BCUT2D eigenvalue weighted by Gasteiger charge is -2.07. The summed E-state index contributed by atoms with van der Waals surface area (Å²) >= 11 is 3.18. The molecule has 0 aliphatic rings. The molecule has 4 nitrogen and oxygen atoms in total. The maximum Gasteiger partial charge on any atom is 0.275 e. The maximum absolute atomic E-state index is 11.5. The summed E-state index contributed by atoms with van der Waals surface area (Å²) in [5.74, 6) is 5.72. The normalized spacial score (nSPS) is 10.6. The Bertz CT molecular complexity index is 637. The van der Waals surface area contributed by atoms with E-state index in [4.69, 9.17) is 11.6 Å². The molecule has 2 aromatic rings. The highest BCUT2D eigenvalue weighted by Gasteiger charge is 2.12. The lowest BCUT2D eigenvalue weighted by Crippen LogP contribution is -2.29. The number of nitrogen functional groups attached to an aromatic ring is 2. The summed E-state index contributed by atoms with van der Waals surface area (Å²) in [6.45, 7) is 4.03. The van der Waals surface area contributed by atoms with Crippen molar-refractivity contribution >= 4 is 34.7 Å². The highest BCUT2D eigenvalue weighted by molar-refractivity contribution is 7.98. The van der Waals surface area contributed by atoms with Gasteiger partial charge in [-0.2, -0.15) is 0 Å². The zero-order chi connectivity index (χ0) is 14.7. The molecule has 20 heavy (non-hydrogen) atoms. The van der Waals surface area contributed by atoms with E-state index in [1.807, 2.05) is 32.0 Å². The summed E-state index contributed by atoms with van der Waals surface area (Å²) in [7, 11) is 0. The number of carbonyl (C=O) groups excluding carboxylic acids is 1. The summed E-state index contributed by atoms with van der Waals surface area (Å²) in [6.07, 6.45) is 0. The Morgan fingerprint density at radius 3 is 2.85 bits per heavy atom. The highest BCUT2D eigenvalue weighted by atomic mass is 32.2. The van der Waals surface area contributed by atoms with Crippen LogP contribution in [0.2, 0.25) is 0 Å². The Morgan fingerprint density at radius 2 is 2.15 bits per heavy atom. The number of benzene rings is 1. The van der Waals surface area contributed by atoms with Gasteiger partial charge in [0.1, 0.15) is 0 Å². The fourth-order valence-electron chi connectivity index (χ4n) is 1.79. The van der Waals surface area contributed by atoms with Crippen molar-refractivity contribution in [3.05, 3.63) is 45.1 Å². The van der Waals surface area contributed by atoms with Gasteiger partial charge in [-0.3, -0.25) is 10.2 Å². The van der Waals surface area contributed by atoms with Crippen LogP contribution in [0.4, 0.5) is 5.69 Å². The van der Waals surface area contributed by atoms with E-state index < -0.39 is 0 Å². The van der Waals surface area contributed by atoms with E-state index >= 15 is 0 Å². The zero-order valence-corrected chi connectivity index (χ0v) is 13.0. The van der Waals surface area contributed by atoms with Gasteiger partial charge < -0.3 is 5.73 Å². The number of thioether (sulfide) groups is 1. The lowest BCUT2D eigenvalue weighted by atomic mass is 10.2. The minimum absolute atomic E-state index is 0.241. The van der Waals surface area contributed by atoms with Crippen LogP contribution in [-0.4, -0.2) is 5.91 Å². The molecule has 0 saturated carbocycles. The minimum Gasteiger partial charge on any atom is -0.398 e. The fraction of sp³-hybridized carbons (Fsp3) is 0.214. The molecule has 0 atom stereocenters. The van der Waals surface area contributed by atoms with E-state index in [0.29, 0.717) is 4.88 Å². The van der Waals surface area contributed by atoms with Gasteiger partial charge in [-0.05, 0) is 43.2 Å². The maximum atomic E-state index is 11.5. The Morgan fingerprint density at radius 1 is 1.40 bits per heavy atom. The number of thiophene rings is 1. The third-order valence-electron chi connectivity index (χ3n) is 3.08. The first kappa shape index (κ1) is 14.9. The average molecular weight is 307 g/mol. The summed E-state index contributed by atoms with van der Waals surface area (Å²) in [4.78, 5) is 14.5. The molecule has 2 rings (SSSR count). The number of aryl methyl sites for hydroxylation is 1. The molecule has 0 unspecified atom stereocenters. The molecule has 1 aromatic carbocycles. The summed E-state index contributed by atoms with van der Waals surface area (Å²) in [6, 6.07) is 7.82. The van der Waals surface area contributed by atoms with Crippen molar-refractivity contribution in [2.75, 3.05) is 5.73 Å². The third kappa shape index (κ3) is 3.15. The molecule has 0 aliphatic heterocycles. The van der Waals surface area contributed by atoms with Crippen LogP contribution in [-0.2, 0) is 5.75 Å². The van der Waals surface area contributed by atoms with Gasteiger partial charge in [-0.1, -0.05) is 6.07 Å². The van der Waals surface area contributed by atoms with Gasteiger partial charge in [-0.15, -0.1) is 23.1 Å². The number of anilines is 1. The second-order valence-corrected chi connectivity index (χ2v) is 6.70. The number of hydrazine groups is 1. The van der Waals surface area contributed by atoms with Crippen LogP contribution < -0.4 is 17.0 Å². The number of amides is 1. The zero-order valence-electron chi connectivity index (χ0n) is 11.4. The number of carbonyl (C=O) groups is 1. The Hall–Kier alpha value is -1.50. The molecule has 1 amide bonds. The molecule has 6 heteroatoms. The van der Waals surface area contributed by atoms with Crippen molar-refractivity contribution in [3.8, 4) is 0 Å². The van der Waals surface area contributed by atoms with E-state index in [2.05, 4.69) is 11.5 Å². The van der Waals surface area contributed by atoms with Crippen LogP contribution in [0.25, 0.3) is 0 Å². The van der Waals surface area contributed by atoms with Crippen LogP contribution in [0.15, 0.2) is 29.2 Å². The van der Waals surface area contributed by atoms with Gasteiger partial charge in [0.15, 0.2) is 0 Å². The molecule has 0 saturated heterocycles. The number of nitrogens with two attached hydrogens (primary N) is 2. The molecule has 0 fully saturated rings. The van der Waals surface area contributed by atoms with E-state index in [1.54, 1.807) is 11.8 Å². The Kier molecular flexibility index (Phi) is 4.69. The standard InChI is InChI=1S/C14H17N3OS2/c1-8-11(15)4-3-5-12(8)19-7-10-6-13(14(18)17-16)20-9(10)2/h3-6H,7,15-16H2,1-2H3,(H,17,18). The average Bonchev–Trinajstić information content (AvgIpc) is 2.81. The number of nitrogens with one attached hydrogen (secondary N) is 1. The first-order chi connectivity index (χ1) is 9.52. The summed E-state index contributed by atoms with van der Waals surface area (Å²) in [5.41, 5.74) is 11.1. The van der Waals surface area contributed by atoms with Gasteiger partial charge in [0.25, 0.3) is 5.91 Å². The van der Waals surface area contributed by atoms with Crippen molar-refractivity contribution in [3.63, 3.8) is 0 Å². The van der Waals surface area contributed by atoms with Crippen molar-refractivity contribution < 1.29 is 4.79 Å². The van der Waals surface area contributed by atoms with Gasteiger partial charge in [0, 0.05) is 21.2 Å². The quantitative estimate of drug-likeness (QED) is 0.267. The van der Waals surface area contributed by atoms with Crippen molar-refractivity contribution in [2.45, 2.75) is 24.5 Å². The molecule has 0 aliphatic carbocycles. The van der Waals surface area contributed by atoms with Gasteiger partial charge in [0.05, 0.1) is 4.88 Å². The van der Waals surface area contributed by atoms with Crippen LogP contribution in [0.3, 0.4) is 0 Å². The van der Waals surface area contributed by atoms with E-state index in [-0.39, 0.29) is 5.91 Å². The van der Waals surface area contributed by atoms with E-state index in [9.17, 15) is 4.79 Å². The summed E-state index contributed by atoms with van der Waals surface area (Å²) < 4.78 is 0. The molecular formula is C14H17N3OS2. The van der Waals surface area contributed by atoms with Crippen LogP contribution in [0.5, 0.6) is 0 Å². The topological polar surface area (TPSA) is 81.1 Å². The van der Waals surface area contributed by atoms with Crippen LogP contribution in [0, 0.1) is 13.8 Å². The van der Waals surface area contributed by atoms with E-state index in [0.717, 1.165) is 27.4 Å². The molecule has 5 N–H and O–H groups in total. The smallest absolute Gasteiger partial charge is 0.275 e. The Balaban J connectivity index is 2.13. The highest BCUT2D eigenvalue weighted by Crippen LogP contribution is 2.32. The van der Waals surface area contributed by atoms with Gasteiger partial charge in [0.2, 0.25) is 0 Å². The van der Waals surface area contributed by atoms with Crippen LogP contribution >= 0.6 is 23.1 Å². The largest absolute Gasteiger partial charge is 0.398 e. The van der Waals surface area contributed by atoms with Crippen molar-refractivity contribution in [1.82, 2.24) is 5.43 Å². The number of hydrogen-bond donors (Lipinski definition) is 3. The van der Waals surface area contributed by atoms with Gasteiger partial charge in [-0.25, -0.2) is 5.84 Å². The number of rotatable bonds is 4. The van der Waals surface area contributed by atoms with E-state index in [1.165, 1.54) is 16.2 Å². The first-order valence-electron chi connectivity index (χ1n) is 6.11. The minimum atomic E-state index is -0.241. The van der Waals surface area contributed by atoms with Crippen molar-refractivity contribution in [1.29, 1.82) is 0 Å². The third-order valence-corrected chi connectivity index (χ3v) is 5.38. The molecular weight excluding hydrogens is 290 g/mol. The van der Waals surface area contributed by atoms with Crippen LogP contribution in [0.1, 0.15) is 25.7 Å². The monoisotopic (exact) mass is 307 g/mol. The second kappa shape index (κ2) is 6.30. The molecule has 1 aromatic heterocycles. The molecule has 1 heterocycles. The Labute approximate surface area is 126 Å². The fourth-order valence-corrected chi connectivity index (χ4v) is 3.95. The number of hydrogen-bond acceptors (Lipinski definition) is 5. The summed E-state index contributed by atoms with van der Waals surface area (Å²) in [5, 5.41) is 0.